The molecular weight excluding hydrogens is 396 g/mol. The van der Waals surface area contributed by atoms with Gasteiger partial charge in [-0.3, -0.25) is 0 Å². The summed E-state index contributed by atoms with van der Waals surface area (Å²) in [5.74, 6) is -12.4. The van der Waals surface area contributed by atoms with Crippen molar-refractivity contribution in [1.82, 2.24) is 0 Å². The van der Waals surface area contributed by atoms with Crippen molar-refractivity contribution >= 4 is 22.2 Å². The SMILES string of the molecule is C=Cc1ccc(OC(=O)COc2c(F)c(F)c(S(=O)(=O)[O-])c(F)c2F)cc1. The molecule has 0 radical (unpaired) electrons. The van der Waals surface area contributed by atoms with Crippen LogP contribution in [-0.4, -0.2) is 25.5 Å². The molecule has 6 nitrogen and oxygen atoms in total. The molecule has 2 aromatic carbocycles. The van der Waals surface area contributed by atoms with E-state index in [4.69, 9.17) is 4.74 Å². The highest BCUT2D eigenvalue weighted by atomic mass is 32.2. The first kappa shape index (κ1) is 20.4. The maximum absolute atomic E-state index is 13.7. The monoisotopic (exact) mass is 405 g/mol. The van der Waals surface area contributed by atoms with E-state index in [1.807, 2.05) is 0 Å². The molecule has 2 aromatic rings. The maximum atomic E-state index is 13.7. The van der Waals surface area contributed by atoms with Gasteiger partial charge in [0.1, 0.15) is 20.8 Å². The van der Waals surface area contributed by atoms with Crippen molar-refractivity contribution in [3.05, 3.63) is 59.7 Å². The Bertz CT molecular complexity index is 974. The minimum Gasteiger partial charge on any atom is -0.744 e. The highest BCUT2D eigenvalue weighted by Crippen LogP contribution is 2.32. The van der Waals surface area contributed by atoms with Gasteiger partial charge >= 0.3 is 5.97 Å². The second-order valence-electron chi connectivity index (χ2n) is 4.90. The third-order valence-electron chi connectivity index (χ3n) is 3.11. The van der Waals surface area contributed by atoms with Crippen LogP contribution in [0.25, 0.3) is 6.08 Å². The van der Waals surface area contributed by atoms with Crippen LogP contribution in [0.5, 0.6) is 11.5 Å². The lowest BCUT2D eigenvalue weighted by Crippen LogP contribution is -2.20. The normalized spacial score (nSPS) is 11.1. The summed E-state index contributed by atoms with van der Waals surface area (Å²) in [5, 5.41) is 0. The summed E-state index contributed by atoms with van der Waals surface area (Å²) in [6.07, 6.45) is 1.52. The van der Waals surface area contributed by atoms with Gasteiger partial charge in [0.2, 0.25) is 11.6 Å². The molecule has 0 atom stereocenters. The van der Waals surface area contributed by atoms with Crippen LogP contribution in [-0.2, 0) is 14.9 Å². The van der Waals surface area contributed by atoms with Crippen LogP contribution in [0, 0.1) is 23.3 Å². The fourth-order valence-corrected chi connectivity index (χ4v) is 2.52. The largest absolute Gasteiger partial charge is 0.744 e. The summed E-state index contributed by atoms with van der Waals surface area (Å²) in [6, 6.07) is 5.85. The molecule has 27 heavy (non-hydrogen) atoms. The number of hydrogen-bond donors (Lipinski definition) is 0. The zero-order valence-electron chi connectivity index (χ0n) is 13.2. The highest BCUT2D eigenvalue weighted by Gasteiger charge is 2.30. The minimum atomic E-state index is -5.84. The molecule has 0 saturated heterocycles. The van der Waals surface area contributed by atoms with Crippen LogP contribution >= 0.6 is 0 Å². The number of benzene rings is 2. The average Bonchev–Trinajstić information content (AvgIpc) is 2.59. The van der Waals surface area contributed by atoms with Crippen molar-refractivity contribution in [3.8, 4) is 11.5 Å². The van der Waals surface area contributed by atoms with Gasteiger partial charge in [-0.25, -0.2) is 22.0 Å². The van der Waals surface area contributed by atoms with Crippen LogP contribution in [0.4, 0.5) is 17.6 Å². The molecule has 0 N–H and O–H groups in total. The third kappa shape index (κ3) is 4.44. The van der Waals surface area contributed by atoms with Gasteiger partial charge in [-0.1, -0.05) is 24.8 Å². The fraction of sp³-hybridized carbons (Fsp3) is 0.0625. The molecule has 0 unspecified atom stereocenters. The van der Waals surface area contributed by atoms with E-state index in [0.29, 0.717) is 0 Å². The van der Waals surface area contributed by atoms with Gasteiger partial charge in [-0.05, 0) is 17.7 Å². The van der Waals surface area contributed by atoms with Crippen molar-refractivity contribution < 1.29 is 44.8 Å². The second kappa shape index (κ2) is 7.76. The molecule has 0 aliphatic rings. The average molecular weight is 405 g/mol. The Kier molecular flexibility index (Phi) is 5.86. The first-order valence-corrected chi connectivity index (χ1v) is 8.35. The van der Waals surface area contributed by atoms with E-state index in [0.717, 1.165) is 5.56 Å². The summed E-state index contributed by atoms with van der Waals surface area (Å²) < 4.78 is 95.9. The van der Waals surface area contributed by atoms with Crippen LogP contribution in [0.15, 0.2) is 35.7 Å². The number of carbonyl (C=O) groups is 1. The number of esters is 1. The van der Waals surface area contributed by atoms with Gasteiger partial charge in [0.15, 0.2) is 24.0 Å². The van der Waals surface area contributed by atoms with Crippen LogP contribution in [0.2, 0.25) is 0 Å². The van der Waals surface area contributed by atoms with E-state index in [1.54, 1.807) is 12.1 Å². The zero-order valence-corrected chi connectivity index (χ0v) is 14.0. The van der Waals surface area contributed by atoms with Gasteiger partial charge < -0.3 is 14.0 Å². The molecule has 0 bridgehead atoms. The number of hydrogen-bond acceptors (Lipinski definition) is 6. The Balaban J connectivity index is 2.20. The lowest BCUT2D eigenvalue weighted by Gasteiger charge is -2.14. The highest BCUT2D eigenvalue weighted by molar-refractivity contribution is 7.85. The number of carbonyl (C=O) groups excluding carboxylic acids is 1. The standard InChI is InChI=1S/C16H10F4O6S/c1-2-8-3-5-9(6-4-8)26-10(21)7-25-15-11(17)13(19)16(27(22,23)24)14(20)12(15)18/h2-6H,1,7H2,(H,22,23,24)/p-1. The summed E-state index contributed by atoms with van der Waals surface area (Å²) in [7, 11) is -5.84. The Morgan fingerprint density at radius 1 is 1.04 bits per heavy atom. The molecule has 0 heterocycles. The lowest BCUT2D eigenvalue weighted by molar-refractivity contribution is -0.136. The maximum Gasteiger partial charge on any atom is 0.349 e. The Hall–Kier alpha value is -2.92. The summed E-state index contributed by atoms with van der Waals surface area (Å²) in [6.45, 7) is 2.35. The molecule has 0 saturated carbocycles. The first-order chi connectivity index (χ1) is 12.6. The molecule has 0 fully saturated rings. The van der Waals surface area contributed by atoms with Crippen molar-refractivity contribution in [2.75, 3.05) is 6.61 Å². The Morgan fingerprint density at radius 2 is 1.56 bits per heavy atom. The summed E-state index contributed by atoms with van der Waals surface area (Å²) in [5.41, 5.74) is 0.717. The van der Waals surface area contributed by atoms with Crippen LogP contribution in [0.1, 0.15) is 5.56 Å². The molecule has 11 heteroatoms. The predicted octanol–water partition coefficient (Wildman–Crippen LogP) is 2.77. The Labute approximate surface area is 150 Å². The fourth-order valence-electron chi connectivity index (χ4n) is 1.90. The van der Waals surface area contributed by atoms with Gasteiger partial charge in [-0.15, -0.1) is 0 Å². The number of rotatable bonds is 6. The minimum absolute atomic E-state index is 0.0419. The van der Waals surface area contributed by atoms with E-state index in [9.17, 15) is 35.3 Å². The molecule has 0 aliphatic heterocycles. The van der Waals surface area contributed by atoms with Gasteiger partial charge in [0.25, 0.3) is 0 Å². The van der Waals surface area contributed by atoms with E-state index < -0.39 is 56.6 Å². The summed E-state index contributed by atoms with van der Waals surface area (Å²) >= 11 is 0. The number of ether oxygens (including phenoxy) is 2. The van der Waals surface area contributed by atoms with E-state index in [-0.39, 0.29) is 5.75 Å². The van der Waals surface area contributed by atoms with Crippen LogP contribution < -0.4 is 9.47 Å². The van der Waals surface area contributed by atoms with Gasteiger partial charge in [-0.2, -0.15) is 8.78 Å². The van der Waals surface area contributed by atoms with Gasteiger partial charge in [0, 0.05) is 0 Å². The third-order valence-corrected chi connectivity index (χ3v) is 3.97. The number of halogens is 4. The zero-order chi connectivity index (χ0) is 20.4. The molecule has 0 aliphatic carbocycles. The van der Waals surface area contributed by atoms with Crippen molar-refractivity contribution in [2.45, 2.75) is 4.90 Å². The quantitative estimate of drug-likeness (QED) is 0.241. The topological polar surface area (TPSA) is 92.7 Å². The Morgan fingerprint density at radius 3 is 2.00 bits per heavy atom. The van der Waals surface area contributed by atoms with Crippen molar-refractivity contribution in [1.29, 1.82) is 0 Å². The van der Waals surface area contributed by atoms with Crippen molar-refractivity contribution in [2.24, 2.45) is 0 Å². The lowest BCUT2D eigenvalue weighted by atomic mass is 10.2. The first-order valence-electron chi connectivity index (χ1n) is 6.94. The van der Waals surface area contributed by atoms with Gasteiger partial charge in [0.05, 0.1) is 0 Å². The molecule has 0 spiro atoms. The van der Waals surface area contributed by atoms with E-state index >= 15 is 0 Å². The van der Waals surface area contributed by atoms with E-state index in [2.05, 4.69) is 11.3 Å². The molecular formula is C16H9F4O6S-. The molecule has 144 valence electrons. The van der Waals surface area contributed by atoms with Crippen molar-refractivity contribution in [3.63, 3.8) is 0 Å². The smallest absolute Gasteiger partial charge is 0.349 e. The molecule has 2 rings (SSSR count). The predicted molar refractivity (Wildman–Crippen MR) is 81.9 cm³/mol. The molecule has 0 aromatic heterocycles. The second-order valence-corrected chi connectivity index (χ2v) is 6.22. The summed E-state index contributed by atoms with van der Waals surface area (Å²) in [4.78, 5) is 9.29. The van der Waals surface area contributed by atoms with E-state index in [1.165, 1.54) is 18.2 Å². The molecule has 0 amide bonds. The van der Waals surface area contributed by atoms with Crippen LogP contribution in [0.3, 0.4) is 0 Å².